The maximum Gasteiger partial charge on any atom is 0.333 e. The largest absolute Gasteiger partial charge is 0.494 e. The number of aliphatic hydroxyl groups excluding tert-OH is 1. The van der Waals surface area contributed by atoms with Crippen molar-refractivity contribution in [2.75, 3.05) is 13.2 Å². The van der Waals surface area contributed by atoms with Gasteiger partial charge in [0, 0.05) is 6.42 Å². The third kappa shape index (κ3) is 5.56. The Morgan fingerprint density at radius 3 is 2.48 bits per heavy atom. The second-order valence-electron chi connectivity index (χ2n) is 6.34. The van der Waals surface area contributed by atoms with Crippen LogP contribution < -0.4 is 16.0 Å². The Morgan fingerprint density at radius 2 is 1.76 bits per heavy atom. The SMILES string of the molecule is O=c1cc(O)n(C(Cc2cccc(OCc3ccccc3)c2)OCCO)c(=O)[nH]1. The van der Waals surface area contributed by atoms with Crippen molar-refractivity contribution in [3.05, 3.63) is 92.6 Å². The van der Waals surface area contributed by atoms with Gasteiger partial charge in [-0.3, -0.25) is 9.78 Å². The Bertz CT molecular complexity index is 1040. The lowest BCUT2D eigenvalue weighted by Gasteiger charge is -2.21. The summed E-state index contributed by atoms with van der Waals surface area (Å²) in [7, 11) is 0. The summed E-state index contributed by atoms with van der Waals surface area (Å²) in [5.74, 6) is 0.128. The van der Waals surface area contributed by atoms with Crippen molar-refractivity contribution in [2.45, 2.75) is 19.3 Å². The first-order valence-corrected chi connectivity index (χ1v) is 9.10. The van der Waals surface area contributed by atoms with Gasteiger partial charge < -0.3 is 19.7 Å². The minimum Gasteiger partial charge on any atom is -0.494 e. The van der Waals surface area contributed by atoms with Crippen molar-refractivity contribution >= 4 is 0 Å². The molecule has 0 aliphatic rings. The van der Waals surface area contributed by atoms with Crippen LogP contribution in [0.2, 0.25) is 0 Å². The number of rotatable bonds is 9. The summed E-state index contributed by atoms with van der Waals surface area (Å²) < 4.78 is 12.3. The van der Waals surface area contributed by atoms with Crippen LogP contribution in [0.25, 0.3) is 0 Å². The summed E-state index contributed by atoms with van der Waals surface area (Å²) in [6.07, 6.45) is -0.710. The van der Waals surface area contributed by atoms with E-state index in [0.29, 0.717) is 12.4 Å². The number of benzene rings is 2. The van der Waals surface area contributed by atoms with E-state index in [0.717, 1.165) is 21.8 Å². The molecule has 1 heterocycles. The maximum atomic E-state index is 12.2. The molecule has 3 N–H and O–H groups in total. The molecule has 29 heavy (non-hydrogen) atoms. The molecule has 0 spiro atoms. The van der Waals surface area contributed by atoms with Crippen molar-refractivity contribution in [2.24, 2.45) is 0 Å². The Kier molecular flexibility index (Phi) is 6.83. The fourth-order valence-corrected chi connectivity index (χ4v) is 2.89. The zero-order valence-corrected chi connectivity index (χ0v) is 15.7. The Morgan fingerprint density at radius 1 is 1.00 bits per heavy atom. The van der Waals surface area contributed by atoms with Crippen molar-refractivity contribution in [3.63, 3.8) is 0 Å². The highest BCUT2D eigenvalue weighted by atomic mass is 16.5. The minimum absolute atomic E-state index is 0.0418. The van der Waals surface area contributed by atoms with Gasteiger partial charge in [0.15, 0.2) is 0 Å². The summed E-state index contributed by atoms with van der Waals surface area (Å²) in [5, 5.41) is 19.1. The van der Waals surface area contributed by atoms with E-state index in [-0.39, 0.29) is 19.6 Å². The van der Waals surface area contributed by atoms with Crippen LogP contribution in [0.4, 0.5) is 0 Å². The number of aromatic nitrogens is 2. The van der Waals surface area contributed by atoms with Crippen molar-refractivity contribution < 1.29 is 19.7 Å². The van der Waals surface area contributed by atoms with Gasteiger partial charge in [0.05, 0.1) is 19.3 Å². The van der Waals surface area contributed by atoms with E-state index in [1.165, 1.54) is 0 Å². The van der Waals surface area contributed by atoms with E-state index in [2.05, 4.69) is 4.98 Å². The molecule has 8 heteroatoms. The number of nitrogens with one attached hydrogen (secondary N) is 1. The van der Waals surface area contributed by atoms with Crippen molar-refractivity contribution in [3.8, 4) is 11.6 Å². The second-order valence-corrected chi connectivity index (χ2v) is 6.34. The average Bonchev–Trinajstić information content (AvgIpc) is 2.70. The molecule has 152 valence electrons. The quantitative estimate of drug-likeness (QED) is 0.504. The number of aromatic hydroxyl groups is 1. The molecule has 0 saturated heterocycles. The van der Waals surface area contributed by atoms with Crippen LogP contribution in [0.15, 0.2) is 70.3 Å². The molecule has 0 saturated carbocycles. The fraction of sp³-hybridized carbons (Fsp3) is 0.238. The van der Waals surface area contributed by atoms with Gasteiger partial charge in [0.2, 0.25) is 5.88 Å². The Labute approximate surface area is 166 Å². The van der Waals surface area contributed by atoms with Crippen LogP contribution in [-0.4, -0.2) is 33.0 Å². The highest BCUT2D eigenvalue weighted by molar-refractivity contribution is 5.29. The van der Waals surface area contributed by atoms with E-state index in [1.54, 1.807) is 0 Å². The normalized spacial score (nSPS) is 11.9. The zero-order chi connectivity index (χ0) is 20.6. The summed E-state index contributed by atoms with van der Waals surface area (Å²) >= 11 is 0. The van der Waals surface area contributed by atoms with E-state index < -0.39 is 23.4 Å². The number of aliphatic hydroxyl groups is 1. The van der Waals surface area contributed by atoms with Crippen molar-refractivity contribution in [1.82, 2.24) is 9.55 Å². The first kappa shape index (κ1) is 20.4. The molecule has 1 atom stereocenters. The van der Waals surface area contributed by atoms with Gasteiger partial charge in [-0.2, -0.15) is 0 Å². The zero-order valence-electron chi connectivity index (χ0n) is 15.7. The molecular weight excluding hydrogens is 376 g/mol. The molecule has 0 bridgehead atoms. The molecule has 3 rings (SSSR count). The molecule has 8 nitrogen and oxygen atoms in total. The monoisotopic (exact) mass is 398 g/mol. The van der Waals surface area contributed by atoms with Crippen LogP contribution in [0, 0.1) is 0 Å². The van der Waals surface area contributed by atoms with Crippen LogP contribution in [0.5, 0.6) is 11.6 Å². The van der Waals surface area contributed by atoms with Gasteiger partial charge in [-0.1, -0.05) is 42.5 Å². The number of aromatic amines is 1. The van der Waals surface area contributed by atoms with Gasteiger partial charge >= 0.3 is 5.69 Å². The van der Waals surface area contributed by atoms with Gasteiger partial charge in [0.25, 0.3) is 5.56 Å². The molecular formula is C21H22N2O6. The molecule has 3 aromatic rings. The molecule has 0 radical (unpaired) electrons. The number of hydrogen-bond acceptors (Lipinski definition) is 6. The third-order valence-electron chi connectivity index (χ3n) is 4.20. The van der Waals surface area contributed by atoms with Gasteiger partial charge in [-0.25, -0.2) is 9.36 Å². The number of H-pyrrole nitrogens is 1. The van der Waals surface area contributed by atoms with Crippen LogP contribution in [0.3, 0.4) is 0 Å². The maximum absolute atomic E-state index is 12.2. The first-order chi connectivity index (χ1) is 14.1. The molecule has 1 aromatic heterocycles. The summed E-state index contributed by atoms with van der Waals surface area (Å²) in [4.78, 5) is 25.6. The standard InChI is InChI=1S/C21H22N2O6/c24-9-10-28-20(23-19(26)13-18(25)22-21(23)27)12-16-7-4-8-17(11-16)29-14-15-5-2-1-3-6-15/h1-8,11,13,20,24,26H,9-10,12,14H2,(H,22,25,27). The Hall–Kier alpha value is -3.36. The van der Waals surface area contributed by atoms with E-state index in [9.17, 15) is 14.7 Å². The molecule has 0 aliphatic heterocycles. The van der Waals surface area contributed by atoms with E-state index in [1.807, 2.05) is 54.6 Å². The second kappa shape index (κ2) is 9.72. The summed E-state index contributed by atoms with van der Waals surface area (Å²) in [5.41, 5.74) is 0.318. The van der Waals surface area contributed by atoms with E-state index in [4.69, 9.17) is 14.6 Å². The van der Waals surface area contributed by atoms with Crippen LogP contribution >= 0.6 is 0 Å². The van der Waals surface area contributed by atoms with Gasteiger partial charge in [-0.05, 0) is 23.3 Å². The first-order valence-electron chi connectivity index (χ1n) is 9.10. The molecule has 1 unspecified atom stereocenters. The highest BCUT2D eigenvalue weighted by Crippen LogP contribution is 2.22. The number of nitrogens with zero attached hydrogens (tertiary/aromatic N) is 1. The smallest absolute Gasteiger partial charge is 0.333 e. The summed E-state index contributed by atoms with van der Waals surface area (Å²) in [6.45, 7) is 0.115. The topological polar surface area (TPSA) is 114 Å². The third-order valence-corrected chi connectivity index (χ3v) is 4.20. The molecule has 2 aromatic carbocycles. The van der Waals surface area contributed by atoms with Crippen LogP contribution in [-0.2, 0) is 17.8 Å². The fourth-order valence-electron chi connectivity index (χ4n) is 2.89. The lowest BCUT2D eigenvalue weighted by atomic mass is 10.1. The Balaban J connectivity index is 1.79. The predicted octanol–water partition coefficient (Wildman–Crippen LogP) is 1.57. The average molecular weight is 398 g/mol. The number of ether oxygens (including phenoxy) is 2. The molecule has 0 amide bonds. The van der Waals surface area contributed by atoms with E-state index >= 15 is 0 Å². The van der Waals surface area contributed by atoms with Gasteiger partial charge in [-0.15, -0.1) is 0 Å². The lowest BCUT2D eigenvalue weighted by Crippen LogP contribution is -2.34. The minimum atomic E-state index is -0.920. The summed E-state index contributed by atoms with van der Waals surface area (Å²) in [6, 6.07) is 17.9. The lowest BCUT2D eigenvalue weighted by molar-refractivity contribution is -0.0212. The van der Waals surface area contributed by atoms with Crippen molar-refractivity contribution in [1.29, 1.82) is 0 Å². The highest BCUT2D eigenvalue weighted by Gasteiger charge is 2.18. The van der Waals surface area contributed by atoms with Crippen LogP contribution in [0.1, 0.15) is 17.4 Å². The molecule has 0 aliphatic carbocycles. The number of hydrogen-bond donors (Lipinski definition) is 3. The van der Waals surface area contributed by atoms with Gasteiger partial charge in [0.1, 0.15) is 18.6 Å². The predicted molar refractivity (Wildman–Crippen MR) is 106 cm³/mol. The molecule has 0 fully saturated rings.